The van der Waals surface area contributed by atoms with E-state index in [0.717, 1.165) is 12.8 Å². The SMILES string of the molecule is NCC(NC(=O)c1ncccc1O)C1CCCCC1. The Morgan fingerprint density at radius 2 is 2.21 bits per heavy atom. The minimum absolute atomic E-state index is 0.0331. The highest BCUT2D eigenvalue weighted by Gasteiger charge is 2.25. The van der Waals surface area contributed by atoms with Gasteiger partial charge in [-0.15, -0.1) is 0 Å². The van der Waals surface area contributed by atoms with E-state index in [1.54, 1.807) is 6.07 Å². The Bertz CT molecular complexity index is 430. The van der Waals surface area contributed by atoms with Crippen molar-refractivity contribution in [3.63, 3.8) is 0 Å². The number of amides is 1. The highest BCUT2D eigenvalue weighted by molar-refractivity contribution is 5.94. The zero-order chi connectivity index (χ0) is 13.7. The van der Waals surface area contributed by atoms with Crippen LogP contribution in [0.5, 0.6) is 5.75 Å². The number of hydrogen-bond donors (Lipinski definition) is 3. The van der Waals surface area contributed by atoms with E-state index < -0.39 is 0 Å². The summed E-state index contributed by atoms with van der Waals surface area (Å²) in [5, 5.41) is 12.5. The number of rotatable bonds is 4. The van der Waals surface area contributed by atoms with Gasteiger partial charge >= 0.3 is 0 Å². The van der Waals surface area contributed by atoms with E-state index >= 15 is 0 Å². The summed E-state index contributed by atoms with van der Waals surface area (Å²) in [4.78, 5) is 16.0. The van der Waals surface area contributed by atoms with Crippen LogP contribution < -0.4 is 11.1 Å². The van der Waals surface area contributed by atoms with E-state index in [9.17, 15) is 9.90 Å². The van der Waals surface area contributed by atoms with E-state index in [-0.39, 0.29) is 23.4 Å². The number of aromatic nitrogens is 1. The van der Waals surface area contributed by atoms with Gasteiger partial charge in [0.2, 0.25) is 0 Å². The Kier molecular flexibility index (Phi) is 4.74. The third-order valence-corrected chi connectivity index (χ3v) is 3.79. The quantitative estimate of drug-likeness (QED) is 0.766. The molecule has 0 saturated heterocycles. The molecule has 1 unspecified atom stereocenters. The zero-order valence-corrected chi connectivity index (χ0v) is 11.0. The van der Waals surface area contributed by atoms with Crippen LogP contribution in [0.1, 0.15) is 42.6 Å². The van der Waals surface area contributed by atoms with Crippen LogP contribution in [-0.2, 0) is 0 Å². The molecule has 0 aromatic carbocycles. The lowest BCUT2D eigenvalue weighted by Gasteiger charge is -2.30. The van der Waals surface area contributed by atoms with E-state index in [4.69, 9.17) is 5.73 Å². The van der Waals surface area contributed by atoms with Gasteiger partial charge in [0.05, 0.1) is 0 Å². The van der Waals surface area contributed by atoms with Crippen LogP contribution in [0.15, 0.2) is 18.3 Å². The molecule has 19 heavy (non-hydrogen) atoms. The fourth-order valence-corrected chi connectivity index (χ4v) is 2.71. The average Bonchev–Trinajstić information content (AvgIpc) is 2.46. The molecule has 4 N–H and O–H groups in total. The maximum atomic E-state index is 12.1. The van der Waals surface area contributed by atoms with Gasteiger partial charge in [-0.3, -0.25) is 4.79 Å². The Morgan fingerprint density at radius 1 is 1.47 bits per heavy atom. The van der Waals surface area contributed by atoms with Crippen LogP contribution in [0.2, 0.25) is 0 Å². The molecule has 1 fully saturated rings. The van der Waals surface area contributed by atoms with Crippen molar-refractivity contribution in [2.24, 2.45) is 11.7 Å². The summed E-state index contributed by atoms with van der Waals surface area (Å²) in [6.07, 6.45) is 7.37. The van der Waals surface area contributed by atoms with Gasteiger partial charge in [0.25, 0.3) is 5.91 Å². The number of hydrogen-bond acceptors (Lipinski definition) is 4. The molecule has 1 aromatic heterocycles. The fraction of sp³-hybridized carbons (Fsp3) is 0.571. The van der Waals surface area contributed by atoms with Crippen molar-refractivity contribution in [2.75, 3.05) is 6.54 Å². The molecule has 1 amide bonds. The van der Waals surface area contributed by atoms with Crippen molar-refractivity contribution >= 4 is 5.91 Å². The minimum atomic E-state index is -0.348. The van der Waals surface area contributed by atoms with Crippen LogP contribution in [0.3, 0.4) is 0 Å². The van der Waals surface area contributed by atoms with Gasteiger partial charge in [-0.1, -0.05) is 19.3 Å². The molecular formula is C14H21N3O2. The molecule has 5 nitrogen and oxygen atoms in total. The van der Waals surface area contributed by atoms with Crippen molar-refractivity contribution < 1.29 is 9.90 Å². The van der Waals surface area contributed by atoms with Crippen LogP contribution in [0, 0.1) is 5.92 Å². The molecule has 1 saturated carbocycles. The number of nitrogens with two attached hydrogens (primary N) is 1. The molecule has 104 valence electrons. The Hall–Kier alpha value is -1.62. The summed E-state index contributed by atoms with van der Waals surface area (Å²) >= 11 is 0. The number of nitrogens with zero attached hydrogens (tertiary/aromatic N) is 1. The molecule has 0 spiro atoms. The highest BCUT2D eigenvalue weighted by atomic mass is 16.3. The summed E-state index contributed by atoms with van der Waals surface area (Å²) in [6, 6.07) is 3.02. The number of carbonyl (C=O) groups excluding carboxylic acids is 1. The molecule has 1 aliphatic rings. The maximum Gasteiger partial charge on any atom is 0.274 e. The Morgan fingerprint density at radius 3 is 2.84 bits per heavy atom. The number of carbonyl (C=O) groups is 1. The van der Waals surface area contributed by atoms with E-state index in [0.29, 0.717) is 12.5 Å². The standard InChI is InChI=1S/C14H21N3O2/c15-9-11(10-5-2-1-3-6-10)17-14(19)13-12(18)7-4-8-16-13/h4,7-8,10-11,18H,1-3,5-6,9,15H2,(H,17,19). The lowest BCUT2D eigenvalue weighted by molar-refractivity contribution is 0.0907. The fourth-order valence-electron chi connectivity index (χ4n) is 2.71. The molecule has 1 aliphatic carbocycles. The summed E-state index contributed by atoms with van der Waals surface area (Å²) in [7, 11) is 0. The highest BCUT2D eigenvalue weighted by Crippen LogP contribution is 2.26. The van der Waals surface area contributed by atoms with Crippen LogP contribution >= 0.6 is 0 Å². The number of nitrogens with one attached hydrogen (secondary N) is 1. The first-order valence-corrected chi connectivity index (χ1v) is 6.87. The second-order valence-electron chi connectivity index (χ2n) is 5.08. The smallest absolute Gasteiger partial charge is 0.274 e. The van der Waals surface area contributed by atoms with Gasteiger partial charge in [0.15, 0.2) is 5.69 Å². The van der Waals surface area contributed by atoms with Crippen LogP contribution in [0.4, 0.5) is 0 Å². The minimum Gasteiger partial charge on any atom is -0.505 e. The predicted octanol–water partition coefficient (Wildman–Crippen LogP) is 1.42. The van der Waals surface area contributed by atoms with E-state index in [1.165, 1.54) is 31.5 Å². The molecule has 0 radical (unpaired) electrons. The first-order chi connectivity index (χ1) is 9.22. The molecule has 5 heteroatoms. The molecule has 0 bridgehead atoms. The second kappa shape index (κ2) is 6.52. The van der Waals surface area contributed by atoms with Crippen LogP contribution in [-0.4, -0.2) is 28.6 Å². The molecule has 0 aliphatic heterocycles. The van der Waals surface area contributed by atoms with Gasteiger partial charge in [-0.05, 0) is 30.9 Å². The van der Waals surface area contributed by atoms with Crippen molar-refractivity contribution in [3.05, 3.63) is 24.0 Å². The van der Waals surface area contributed by atoms with Crippen molar-refractivity contribution in [1.29, 1.82) is 0 Å². The largest absolute Gasteiger partial charge is 0.505 e. The number of pyridine rings is 1. The van der Waals surface area contributed by atoms with Gasteiger partial charge in [-0.2, -0.15) is 0 Å². The van der Waals surface area contributed by atoms with Gasteiger partial charge in [0, 0.05) is 18.8 Å². The normalized spacial score (nSPS) is 17.9. The predicted molar refractivity (Wildman–Crippen MR) is 72.8 cm³/mol. The lowest BCUT2D eigenvalue weighted by Crippen LogP contribution is -2.46. The van der Waals surface area contributed by atoms with Crippen molar-refractivity contribution in [2.45, 2.75) is 38.1 Å². The maximum absolute atomic E-state index is 12.1. The second-order valence-corrected chi connectivity index (χ2v) is 5.08. The number of aromatic hydroxyl groups is 1. The topological polar surface area (TPSA) is 88.2 Å². The molecular weight excluding hydrogens is 242 g/mol. The van der Waals surface area contributed by atoms with Crippen molar-refractivity contribution in [3.8, 4) is 5.75 Å². The molecule has 1 heterocycles. The summed E-state index contributed by atoms with van der Waals surface area (Å²) in [6.45, 7) is 0.421. The Balaban J connectivity index is 2.01. The van der Waals surface area contributed by atoms with Gasteiger partial charge in [0.1, 0.15) is 5.75 Å². The van der Waals surface area contributed by atoms with Gasteiger partial charge < -0.3 is 16.2 Å². The summed E-state index contributed by atoms with van der Waals surface area (Å²) in [5.74, 6) is -0.00732. The average molecular weight is 263 g/mol. The molecule has 1 aromatic rings. The third-order valence-electron chi connectivity index (χ3n) is 3.79. The molecule has 1 atom stereocenters. The van der Waals surface area contributed by atoms with E-state index in [2.05, 4.69) is 10.3 Å². The summed E-state index contributed by atoms with van der Waals surface area (Å²) in [5.41, 5.74) is 5.84. The summed E-state index contributed by atoms with van der Waals surface area (Å²) < 4.78 is 0. The first kappa shape index (κ1) is 13.8. The lowest BCUT2D eigenvalue weighted by atomic mass is 9.84. The monoisotopic (exact) mass is 263 g/mol. The van der Waals surface area contributed by atoms with Gasteiger partial charge in [-0.25, -0.2) is 4.98 Å². The first-order valence-electron chi connectivity index (χ1n) is 6.87. The van der Waals surface area contributed by atoms with Crippen molar-refractivity contribution in [1.82, 2.24) is 10.3 Å². The zero-order valence-electron chi connectivity index (χ0n) is 11.0. The molecule has 2 rings (SSSR count). The van der Waals surface area contributed by atoms with Crippen LogP contribution in [0.25, 0.3) is 0 Å². The Labute approximate surface area is 113 Å². The third kappa shape index (κ3) is 3.44. The van der Waals surface area contributed by atoms with E-state index in [1.807, 2.05) is 0 Å².